The summed E-state index contributed by atoms with van der Waals surface area (Å²) in [6.07, 6.45) is 1.94. The standard InChI is InChI=1S/C41H30N4/c1-27-23-33(45-36-19-11-9-13-29(36)21-22-30-14-10-12-20-37(30)45)24-28(2)38(27)39-34(25-42)40(31-15-5-3-6-16-31)44-41(35(39)26-43)32-17-7-4-8-18-32/h3-20,23-24H,21-22H2,1-2H3. The number of rotatable bonds is 4. The molecule has 7 rings (SSSR count). The number of nitrogens with zero attached hydrogens (tertiary/aromatic N) is 4. The number of hydrogen-bond donors (Lipinski definition) is 0. The Labute approximate surface area is 264 Å². The predicted octanol–water partition coefficient (Wildman–Crippen LogP) is 10.0. The third-order valence-corrected chi connectivity index (χ3v) is 8.67. The molecular formula is C41H30N4. The zero-order valence-corrected chi connectivity index (χ0v) is 25.3. The number of anilines is 3. The second-order valence-electron chi connectivity index (χ2n) is 11.4. The van der Waals surface area contributed by atoms with Crippen LogP contribution in [-0.4, -0.2) is 4.98 Å². The van der Waals surface area contributed by atoms with Crippen molar-refractivity contribution in [1.29, 1.82) is 10.5 Å². The van der Waals surface area contributed by atoms with E-state index in [1.54, 1.807) is 0 Å². The Morgan fingerprint density at radius 1 is 0.556 bits per heavy atom. The van der Waals surface area contributed by atoms with E-state index in [-0.39, 0.29) is 0 Å². The van der Waals surface area contributed by atoms with Crippen molar-refractivity contribution >= 4 is 17.1 Å². The van der Waals surface area contributed by atoms with Gasteiger partial charge >= 0.3 is 0 Å². The lowest BCUT2D eigenvalue weighted by Gasteiger charge is -2.29. The van der Waals surface area contributed by atoms with Crippen LogP contribution in [0, 0.1) is 36.5 Å². The highest BCUT2D eigenvalue weighted by molar-refractivity contribution is 5.93. The van der Waals surface area contributed by atoms with Crippen LogP contribution in [0.25, 0.3) is 33.6 Å². The van der Waals surface area contributed by atoms with Crippen molar-refractivity contribution in [2.45, 2.75) is 26.7 Å². The van der Waals surface area contributed by atoms with Crippen molar-refractivity contribution in [3.05, 3.63) is 155 Å². The second-order valence-corrected chi connectivity index (χ2v) is 11.4. The largest absolute Gasteiger partial charge is 0.310 e. The van der Waals surface area contributed by atoms with E-state index >= 15 is 0 Å². The molecule has 0 bridgehead atoms. The summed E-state index contributed by atoms with van der Waals surface area (Å²) in [5.41, 5.74) is 13.1. The van der Waals surface area contributed by atoms with Crippen LogP contribution in [0.5, 0.6) is 0 Å². The fraction of sp³-hybridized carbons (Fsp3) is 0.0976. The molecule has 0 radical (unpaired) electrons. The summed E-state index contributed by atoms with van der Waals surface area (Å²) < 4.78 is 0. The van der Waals surface area contributed by atoms with Crippen LogP contribution < -0.4 is 4.90 Å². The Hall–Kier alpha value is -5.97. The molecule has 214 valence electrons. The third-order valence-electron chi connectivity index (χ3n) is 8.67. The molecule has 6 aromatic rings. The van der Waals surface area contributed by atoms with Gasteiger partial charge in [0.1, 0.15) is 12.1 Å². The second kappa shape index (κ2) is 11.6. The van der Waals surface area contributed by atoms with Gasteiger partial charge in [0.05, 0.1) is 22.5 Å². The van der Waals surface area contributed by atoms with Gasteiger partial charge in [0, 0.05) is 33.8 Å². The molecule has 0 spiro atoms. The molecule has 0 saturated carbocycles. The van der Waals surface area contributed by atoms with Crippen LogP contribution in [0.1, 0.15) is 33.4 Å². The highest BCUT2D eigenvalue weighted by atomic mass is 15.1. The van der Waals surface area contributed by atoms with Crippen molar-refractivity contribution in [3.63, 3.8) is 0 Å². The lowest BCUT2D eigenvalue weighted by atomic mass is 9.85. The Morgan fingerprint density at radius 3 is 1.42 bits per heavy atom. The minimum absolute atomic E-state index is 0.404. The van der Waals surface area contributed by atoms with E-state index in [1.165, 1.54) is 22.5 Å². The van der Waals surface area contributed by atoms with Gasteiger partial charge in [-0.3, -0.25) is 0 Å². The highest BCUT2D eigenvalue weighted by Gasteiger charge is 2.27. The van der Waals surface area contributed by atoms with Crippen LogP contribution in [0.3, 0.4) is 0 Å². The van der Waals surface area contributed by atoms with E-state index in [9.17, 15) is 10.5 Å². The molecule has 0 atom stereocenters. The number of aryl methyl sites for hydroxylation is 4. The third kappa shape index (κ3) is 4.84. The molecule has 2 heterocycles. The monoisotopic (exact) mass is 578 g/mol. The molecule has 5 aromatic carbocycles. The first-order chi connectivity index (χ1) is 22.1. The molecule has 0 amide bonds. The summed E-state index contributed by atoms with van der Waals surface area (Å²) in [4.78, 5) is 7.35. The van der Waals surface area contributed by atoms with E-state index < -0.39 is 0 Å². The van der Waals surface area contributed by atoms with Crippen LogP contribution >= 0.6 is 0 Å². The smallest absolute Gasteiger partial charge is 0.102 e. The zero-order chi connectivity index (χ0) is 30.9. The van der Waals surface area contributed by atoms with Gasteiger partial charge in [-0.25, -0.2) is 4.98 Å². The average Bonchev–Trinajstić information content (AvgIpc) is 3.25. The Balaban J connectivity index is 1.51. The molecular weight excluding hydrogens is 548 g/mol. The van der Waals surface area contributed by atoms with Gasteiger partial charge in [0.2, 0.25) is 0 Å². The Bertz CT molecular complexity index is 2010. The van der Waals surface area contributed by atoms with Crippen molar-refractivity contribution in [1.82, 2.24) is 4.98 Å². The molecule has 1 aliphatic heterocycles. The van der Waals surface area contributed by atoms with Gasteiger partial charge in [-0.05, 0) is 78.8 Å². The van der Waals surface area contributed by atoms with Crippen LogP contribution in [0.15, 0.2) is 121 Å². The molecule has 0 aliphatic carbocycles. The van der Waals surface area contributed by atoms with Gasteiger partial charge in [0.15, 0.2) is 0 Å². The van der Waals surface area contributed by atoms with Gasteiger partial charge < -0.3 is 4.90 Å². The molecule has 0 unspecified atom stereocenters. The number of benzene rings is 5. The van der Waals surface area contributed by atoms with Gasteiger partial charge in [-0.15, -0.1) is 0 Å². The summed E-state index contributed by atoms with van der Waals surface area (Å²) in [5, 5.41) is 21.4. The Morgan fingerprint density at radius 2 is 0.978 bits per heavy atom. The van der Waals surface area contributed by atoms with Crippen molar-refractivity contribution < 1.29 is 0 Å². The summed E-state index contributed by atoms with van der Waals surface area (Å²) in [7, 11) is 0. The zero-order valence-electron chi connectivity index (χ0n) is 25.3. The summed E-state index contributed by atoms with van der Waals surface area (Å²) in [5.74, 6) is 0. The fourth-order valence-electron chi connectivity index (χ4n) is 6.69. The topological polar surface area (TPSA) is 63.7 Å². The first-order valence-corrected chi connectivity index (χ1v) is 15.2. The van der Waals surface area contributed by atoms with Crippen molar-refractivity contribution in [3.8, 4) is 45.8 Å². The van der Waals surface area contributed by atoms with E-state index in [0.717, 1.165) is 46.3 Å². The molecule has 1 aliphatic rings. The molecule has 0 N–H and O–H groups in total. The summed E-state index contributed by atoms with van der Waals surface area (Å²) in [6.45, 7) is 4.16. The van der Waals surface area contributed by atoms with Crippen LogP contribution in [0.2, 0.25) is 0 Å². The number of pyridine rings is 1. The maximum absolute atomic E-state index is 10.7. The summed E-state index contributed by atoms with van der Waals surface area (Å²) in [6, 6.07) is 46.1. The maximum Gasteiger partial charge on any atom is 0.102 e. The number of hydrogen-bond acceptors (Lipinski definition) is 4. The average molecular weight is 579 g/mol. The van der Waals surface area contributed by atoms with Gasteiger partial charge in [0.25, 0.3) is 0 Å². The maximum atomic E-state index is 10.7. The molecule has 0 fully saturated rings. The van der Waals surface area contributed by atoms with Crippen molar-refractivity contribution in [2.24, 2.45) is 0 Å². The minimum Gasteiger partial charge on any atom is -0.310 e. The van der Waals surface area contributed by atoms with E-state index in [2.05, 4.69) is 91.5 Å². The Kier molecular flexibility index (Phi) is 7.18. The summed E-state index contributed by atoms with van der Waals surface area (Å²) >= 11 is 0. The molecule has 4 heteroatoms. The number of nitriles is 2. The lowest BCUT2D eigenvalue weighted by Crippen LogP contribution is -2.12. The predicted molar refractivity (Wildman–Crippen MR) is 182 cm³/mol. The SMILES string of the molecule is Cc1cc(N2c3ccccc3CCc3ccccc32)cc(C)c1-c1c(C#N)c(-c2ccccc2)nc(-c2ccccc2)c1C#N. The number of fused-ring (bicyclic) bond motifs is 2. The van der Waals surface area contributed by atoms with E-state index in [4.69, 9.17) is 4.98 Å². The van der Waals surface area contributed by atoms with E-state index in [0.29, 0.717) is 28.1 Å². The number of aromatic nitrogens is 1. The lowest BCUT2D eigenvalue weighted by molar-refractivity contribution is 0.977. The molecule has 0 saturated heterocycles. The fourth-order valence-corrected chi connectivity index (χ4v) is 6.69. The minimum atomic E-state index is 0.404. The normalized spacial score (nSPS) is 12.0. The molecule has 1 aromatic heterocycles. The quantitative estimate of drug-likeness (QED) is 0.209. The highest BCUT2D eigenvalue weighted by Crippen LogP contribution is 2.46. The first kappa shape index (κ1) is 27.8. The van der Waals surface area contributed by atoms with Gasteiger partial charge in [-0.2, -0.15) is 10.5 Å². The van der Waals surface area contributed by atoms with Crippen LogP contribution in [-0.2, 0) is 12.8 Å². The number of para-hydroxylation sites is 2. The molecule has 45 heavy (non-hydrogen) atoms. The van der Waals surface area contributed by atoms with Crippen molar-refractivity contribution in [2.75, 3.05) is 4.90 Å². The first-order valence-electron chi connectivity index (χ1n) is 15.2. The van der Waals surface area contributed by atoms with E-state index in [1.807, 2.05) is 60.7 Å². The van der Waals surface area contributed by atoms with Gasteiger partial charge in [-0.1, -0.05) is 97.1 Å². The molecule has 4 nitrogen and oxygen atoms in total. The van der Waals surface area contributed by atoms with Crippen LogP contribution in [0.4, 0.5) is 17.1 Å².